The summed E-state index contributed by atoms with van der Waals surface area (Å²) < 4.78 is 68.0. The van der Waals surface area contributed by atoms with Crippen LogP contribution in [-0.2, 0) is 33.9 Å². The highest BCUT2D eigenvalue weighted by Gasteiger charge is 2.31. The highest BCUT2D eigenvalue weighted by Crippen LogP contribution is 2.39. The van der Waals surface area contributed by atoms with Gasteiger partial charge < -0.3 is 14.0 Å². The van der Waals surface area contributed by atoms with Gasteiger partial charge in [0.2, 0.25) is 5.91 Å². The van der Waals surface area contributed by atoms with Crippen LogP contribution in [0.5, 0.6) is 5.75 Å². The maximum atomic E-state index is 13.1. The van der Waals surface area contributed by atoms with Gasteiger partial charge in [0.05, 0.1) is 17.5 Å². The summed E-state index contributed by atoms with van der Waals surface area (Å²) >= 11 is 0. The molecule has 2 heterocycles. The maximum absolute atomic E-state index is 13.1. The molecule has 2 aromatic rings. The summed E-state index contributed by atoms with van der Waals surface area (Å²) in [5.41, 5.74) is 2.43. The van der Waals surface area contributed by atoms with Crippen LogP contribution in [0.4, 0.5) is 24.5 Å². The van der Waals surface area contributed by atoms with Crippen LogP contribution in [0.25, 0.3) is 0 Å². The van der Waals surface area contributed by atoms with Gasteiger partial charge in [0.15, 0.2) is 5.75 Å². The average Bonchev–Trinajstić information content (AvgIpc) is 2.82. The zero-order valence-corrected chi connectivity index (χ0v) is 21.2. The molecule has 0 spiro atoms. The van der Waals surface area contributed by atoms with E-state index in [4.69, 9.17) is 4.18 Å². The van der Waals surface area contributed by atoms with Crippen molar-refractivity contribution < 1.29 is 30.6 Å². The van der Waals surface area contributed by atoms with E-state index in [1.165, 1.54) is 19.1 Å². The minimum Gasteiger partial charge on any atom is -0.380 e. The van der Waals surface area contributed by atoms with Crippen LogP contribution in [0.15, 0.2) is 36.4 Å². The number of alkyl halides is 3. The first-order chi connectivity index (χ1) is 16.9. The smallest absolute Gasteiger partial charge is 0.380 e. The summed E-state index contributed by atoms with van der Waals surface area (Å²) in [5, 5.41) is 0. The molecule has 2 aliphatic heterocycles. The van der Waals surface area contributed by atoms with Crippen LogP contribution in [0, 0.1) is 0 Å². The summed E-state index contributed by atoms with van der Waals surface area (Å²) in [7, 11) is -3.75. The van der Waals surface area contributed by atoms with E-state index in [-0.39, 0.29) is 11.7 Å². The van der Waals surface area contributed by atoms with Gasteiger partial charge in [-0.1, -0.05) is 12.1 Å². The molecule has 4 rings (SSSR count). The normalized spacial score (nSPS) is 17.1. The fourth-order valence-corrected chi connectivity index (χ4v) is 5.38. The van der Waals surface area contributed by atoms with Crippen molar-refractivity contribution >= 4 is 27.4 Å². The molecule has 7 nitrogen and oxygen atoms in total. The lowest BCUT2D eigenvalue weighted by Crippen LogP contribution is -2.47. The van der Waals surface area contributed by atoms with E-state index in [1.54, 1.807) is 17.0 Å². The Balaban J connectivity index is 1.44. The van der Waals surface area contributed by atoms with Crippen molar-refractivity contribution in [1.29, 1.82) is 0 Å². The summed E-state index contributed by atoms with van der Waals surface area (Å²) in [6, 6.07) is 8.90. The largest absolute Gasteiger partial charge is 0.416 e. The van der Waals surface area contributed by atoms with Crippen molar-refractivity contribution in [2.24, 2.45) is 0 Å². The van der Waals surface area contributed by atoms with Crippen molar-refractivity contribution in [3.8, 4) is 5.75 Å². The SMILES string of the molecule is CC(=O)N1CCCc2c(CCN3CCN(c4cccc(C(F)(F)F)c4)CC3)ccc(OS(C)(=O)=O)c21. The molecule has 0 aliphatic carbocycles. The molecule has 0 radical (unpaired) electrons. The van der Waals surface area contributed by atoms with E-state index in [2.05, 4.69) is 4.90 Å². The Morgan fingerprint density at radius 1 is 1.06 bits per heavy atom. The molecule has 0 unspecified atom stereocenters. The number of benzene rings is 2. The van der Waals surface area contributed by atoms with Gasteiger partial charge in [0.25, 0.3) is 0 Å². The van der Waals surface area contributed by atoms with Crippen molar-refractivity contribution in [2.75, 3.05) is 55.3 Å². The summed E-state index contributed by atoms with van der Waals surface area (Å²) in [6.07, 6.45) is -1.18. The molecule has 0 N–H and O–H groups in total. The number of fused-ring (bicyclic) bond motifs is 1. The Morgan fingerprint density at radius 3 is 2.42 bits per heavy atom. The standard InChI is InChI=1S/C25H30F3N3O4S/c1-18(32)31-11-4-7-22-19(8-9-23(24(22)31)35-36(2,33)34)10-12-29-13-15-30(16-14-29)21-6-3-5-20(17-21)25(26,27)28/h3,5-6,8-9,17H,4,7,10-16H2,1-2H3. The lowest BCUT2D eigenvalue weighted by Gasteiger charge is -2.36. The zero-order valence-electron chi connectivity index (χ0n) is 20.3. The van der Waals surface area contributed by atoms with E-state index in [1.807, 2.05) is 11.0 Å². The highest BCUT2D eigenvalue weighted by molar-refractivity contribution is 7.86. The second-order valence-corrected chi connectivity index (χ2v) is 10.8. The van der Waals surface area contributed by atoms with Crippen LogP contribution < -0.4 is 14.0 Å². The molecule has 1 amide bonds. The van der Waals surface area contributed by atoms with Gasteiger partial charge in [-0.15, -0.1) is 0 Å². The van der Waals surface area contributed by atoms with Crippen molar-refractivity contribution in [3.63, 3.8) is 0 Å². The predicted octanol–water partition coefficient (Wildman–Crippen LogP) is 3.71. The monoisotopic (exact) mass is 525 g/mol. The van der Waals surface area contributed by atoms with Gasteiger partial charge in [-0.3, -0.25) is 9.69 Å². The maximum Gasteiger partial charge on any atom is 0.416 e. The van der Waals surface area contributed by atoms with E-state index in [9.17, 15) is 26.4 Å². The number of anilines is 2. The molecule has 0 atom stereocenters. The number of rotatable bonds is 6. The molecule has 36 heavy (non-hydrogen) atoms. The highest BCUT2D eigenvalue weighted by atomic mass is 32.2. The molecule has 1 fully saturated rings. The minimum absolute atomic E-state index is 0.167. The molecular formula is C25H30F3N3O4S. The third kappa shape index (κ3) is 6.12. The molecule has 2 aromatic carbocycles. The fraction of sp³-hybridized carbons (Fsp3) is 0.480. The van der Waals surface area contributed by atoms with Crippen LogP contribution >= 0.6 is 0 Å². The third-order valence-corrected chi connectivity index (χ3v) is 7.13. The Kier molecular flexibility index (Phi) is 7.51. The Hall–Kier alpha value is -2.79. The van der Waals surface area contributed by atoms with Gasteiger partial charge in [0, 0.05) is 51.9 Å². The van der Waals surface area contributed by atoms with Crippen LogP contribution in [0.3, 0.4) is 0 Å². The minimum atomic E-state index is -4.36. The molecule has 196 valence electrons. The molecule has 2 aliphatic rings. The fourth-order valence-electron chi connectivity index (χ4n) is 4.92. The van der Waals surface area contributed by atoms with Crippen molar-refractivity contribution in [2.45, 2.75) is 32.4 Å². The number of halogens is 3. The van der Waals surface area contributed by atoms with Crippen LogP contribution in [0.2, 0.25) is 0 Å². The first-order valence-electron chi connectivity index (χ1n) is 11.9. The van der Waals surface area contributed by atoms with Gasteiger partial charge in [-0.2, -0.15) is 21.6 Å². The van der Waals surface area contributed by atoms with E-state index < -0.39 is 21.9 Å². The summed E-state index contributed by atoms with van der Waals surface area (Å²) in [4.78, 5) is 18.1. The van der Waals surface area contributed by atoms with Crippen molar-refractivity contribution in [1.82, 2.24) is 4.90 Å². The molecule has 0 saturated carbocycles. The predicted molar refractivity (Wildman–Crippen MR) is 132 cm³/mol. The van der Waals surface area contributed by atoms with Crippen LogP contribution in [0.1, 0.15) is 30.0 Å². The van der Waals surface area contributed by atoms with E-state index >= 15 is 0 Å². The first kappa shape index (κ1) is 26.3. The zero-order chi connectivity index (χ0) is 26.1. The van der Waals surface area contributed by atoms with Gasteiger partial charge >= 0.3 is 16.3 Å². The number of hydrogen-bond acceptors (Lipinski definition) is 6. The average molecular weight is 526 g/mol. The number of amides is 1. The first-order valence-corrected chi connectivity index (χ1v) is 13.7. The topological polar surface area (TPSA) is 70.2 Å². The number of hydrogen-bond donors (Lipinski definition) is 0. The molecule has 1 saturated heterocycles. The number of nitrogens with zero attached hydrogens (tertiary/aromatic N) is 3. The third-order valence-electron chi connectivity index (χ3n) is 6.65. The molecular weight excluding hydrogens is 495 g/mol. The van der Waals surface area contributed by atoms with Gasteiger partial charge in [0.1, 0.15) is 0 Å². The van der Waals surface area contributed by atoms with Crippen molar-refractivity contribution in [3.05, 3.63) is 53.1 Å². The lowest BCUT2D eigenvalue weighted by molar-refractivity contribution is -0.137. The Morgan fingerprint density at radius 2 is 1.78 bits per heavy atom. The van der Waals surface area contributed by atoms with Crippen LogP contribution in [-0.4, -0.2) is 64.7 Å². The molecule has 0 bridgehead atoms. The Bertz CT molecular complexity index is 1230. The van der Waals surface area contributed by atoms with Gasteiger partial charge in [-0.25, -0.2) is 0 Å². The quantitative estimate of drug-likeness (QED) is 0.536. The molecule has 11 heteroatoms. The summed E-state index contributed by atoms with van der Waals surface area (Å²) in [5.74, 6) is -0.00184. The number of piperazine rings is 1. The number of carbonyl (C=O) groups is 1. The Labute approximate surface area is 209 Å². The van der Waals surface area contributed by atoms with E-state index in [0.717, 1.165) is 42.8 Å². The number of carbonyl (C=O) groups excluding carboxylic acids is 1. The second-order valence-electron chi connectivity index (χ2n) is 9.24. The summed E-state index contributed by atoms with van der Waals surface area (Å²) in [6.45, 7) is 5.38. The van der Waals surface area contributed by atoms with Gasteiger partial charge in [-0.05, 0) is 54.7 Å². The van der Waals surface area contributed by atoms with E-state index in [0.29, 0.717) is 50.5 Å². The lowest BCUT2D eigenvalue weighted by atomic mass is 9.93. The second kappa shape index (κ2) is 10.3. The molecule has 0 aromatic heterocycles.